The zero-order valence-corrected chi connectivity index (χ0v) is 13.8. The number of alkyl halides is 3. The van der Waals surface area contributed by atoms with Crippen LogP contribution in [0.2, 0.25) is 0 Å². The minimum atomic E-state index is -5.03. The van der Waals surface area contributed by atoms with Crippen LogP contribution in [0.5, 0.6) is 11.5 Å². The SMILES string of the molecule is N#Cc1cncc(Oc2ccc(S(=O)(=O)C(F)F)c3c2CC(F)C3O)c1. The molecule has 1 aromatic heterocycles. The molecule has 0 saturated heterocycles. The summed E-state index contributed by atoms with van der Waals surface area (Å²) < 4.78 is 68.9. The number of nitriles is 1. The topological polar surface area (TPSA) is 100 Å². The van der Waals surface area contributed by atoms with Crippen LogP contribution in [0.15, 0.2) is 35.5 Å². The molecule has 1 aliphatic carbocycles. The Labute approximate surface area is 146 Å². The lowest BCUT2D eigenvalue weighted by Crippen LogP contribution is -2.16. The highest BCUT2D eigenvalue weighted by atomic mass is 32.2. The Hall–Kier alpha value is -2.64. The monoisotopic (exact) mass is 384 g/mol. The zero-order chi connectivity index (χ0) is 19.1. The van der Waals surface area contributed by atoms with Gasteiger partial charge in [-0.05, 0) is 12.1 Å². The number of rotatable bonds is 4. The summed E-state index contributed by atoms with van der Waals surface area (Å²) in [5.74, 6) is -3.60. The van der Waals surface area contributed by atoms with Gasteiger partial charge in [0.1, 0.15) is 29.8 Å². The van der Waals surface area contributed by atoms with E-state index in [0.717, 1.165) is 12.1 Å². The van der Waals surface area contributed by atoms with Gasteiger partial charge >= 0.3 is 5.76 Å². The second-order valence-electron chi connectivity index (χ2n) is 5.55. The quantitative estimate of drug-likeness (QED) is 0.870. The molecule has 3 rings (SSSR count). The second kappa shape index (κ2) is 6.59. The molecule has 0 fully saturated rings. The van der Waals surface area contributed by atoms with Gasteiger partial charge in [-0.15, -0.1) is 0 Å². The van der Waals surface area contributed by atoms with Crippen molar-refractivity contribution in [2.75, 3.05) is 0 Å². The average Bonchev–Trinajstić information content (AvgIpc) is 2.91. The fraction of sp³-hybridized carbons (Fsp3) is 0.250. The molecule has 1 aromatic carbocycles. The summed E-state index contributed by atoms with van der Waals surface area (Å²) in [5.41, 5.74) is -0.256. The Morgan fingerprint density at radius 2 is 2.08 bits per heavy atom. The molecule has 1 heterocycles. The Kier molecular flexibility index (Phi) is 4.60. The number of benzene rings is 1. The van der Waals surface area contributed by atoms with E-state index in [2.05, 4.69) is 4.98 Å². The number of nitrogens with zero attached hydrogens (tertiary/aromatic N) is 2. The molecule has 6 nitrogen and oxygen atoms in total. The van der Waals surface area contributed by atoms with Crippen molar-refractivity contribution in [1.82, 2.24) is 4.98 Å². The molecule has 0 spiro atoms. The number of pyridine rings is 1. The third-order valence-electron chi connectivity index (χ3n) is 3.92. The molecule has 2 unspecified atom stereocenters. The van der Waals surface area contributed by atoms with Gasteiger partial charge in [0, 0.05) is 29.8 Å². The largest absolute Gasteiger partial charge is 0.455 e. The van der Waals surface area contributed by atoms with Crippen molar-refractivity contribution in [2.24, 2.45) is 0 Å². The number of fused-ring (bicyclic) bond motifs is 1. The van der Waals surface area contributed by atoms with Crippen molar-refractivity contribution in [2.45, 2.75) is 29.3 Å². The molecule has 0 amide bonds. The van der Waals surface area contributed by atoms with Gasteiger partial charge in [-0.3, -0.25) is 4.98 Å². The number of aromatic nitrogens is 1. The maximum Gasteiger partial charge on any atom is 0.341 e. The number of aliphatic hydroxyl groups is 1. The predicted molar refractivity (Wildman–Crippen MR) is 82.2 cm³/mol. The zero-order valence-electron chi connectivity index (χ0n) is 12.9. The first kappa shape index (κ1) is 18.2. The van der Waals surface area contributed by atoms with E-state index >= 15 is 0 Å². The van der Waals surface area contributed by atoms with Gasteiger partial charge < -0.3 is 9.84 Å². The van der Waals surface area contributed by atoms with E-state index in [1.165, 1.54) is 18.5 Å². The standard InChI is InChI=1S/C16H11F3N2O4S/c17-11-4-10-12(25-9-3-8(5-20)6-21-7-9)1-2-13(14(10)15(11)22)26(23,24)16(18)19/h1-3,6-7,11,15-16,22H,4H2. The summed E-state index contributed by atoms with van der Waals surface area (Å²) in [5, 5.41) is 18.8. The molecule has 0 saturated carbocycles. The Morgan fingerprint density at radius 3 is 2.73 bits per heavy atom. The molecular weight excluding hydrogens is 373 g/mol. The van der Waals surface area contributed by atoms with Gasteiger partial charge in [-0.25, -0.2) is 12.8 Å². The van der Waals surface area contributed by atoms with Crippen LogP contribution >= 0.6 is 0 Å². The first-order valence-electron chi connectivity index (χ1n) is 7.28. The van der Waals surface area contributed by atoms with E-state index in [1.807, 2.05) is 6.07 Å². The van der Waals surface area contributed by atoms with Crippen LogP contribution in [0.4, 0.5) is 13.2 Å². The van der Waals surface area contributed by atoms with Crippen LogP contribution in [0, 0.1) is 11.3 Å². The maximum absolute atomic E-state index is 14.0. The maximum atomic E-state index is 14.0. The van der Waals surface area contributed by atoms with E-state index in [4.69, 9.17) is 10.00 Å². The normalized spacial score (nSPS) is 19.2. The number of sulfone groups is 1. The minimum absolute atomic E-state index is 0.00990. The first-order valence-corrected chi connectivity index (χ1v) is 8.83. The van der Waals surface area contributed by atoms with Crippen molar-refractivity contribution in [3.8, 4) is 17.6 Å². The number of ether oxygens (including phenoxy) is 1. The lowest BCUT2D eigenvalue weighted by Gasteiger charge is -2.15. The van der Waals surface area contributed by atoms with Gasteiger partial charge in [0.15, 0.2) is 0 Å². The van der Waals surface area contributed by atoms with Crippen molar-refractivity contribution in [3.05, 3.63) is 47.3 Å². The van der Waals surface area contributed by atoms with Gasteiger partial charge in [0.25, 0.3) is 0 Å². The van der Waals surface area contributed by atoms with Crippen LogP contribution in [0.1, 0.15) is 22.8 Å². The molecule has 2 atom stereocenters. The van der Waals surface area contributed by atoms with Crippen molar-refractivity contribution in [3.63, 3.8) is 0 Å². The lowest BCUT2D eigenvalue weighted by atomic mass is 10.1. The van der Waals surface area contributed by atoms with Crippen LogP contribution in [-0.2, 0) is 16.3 Å². The molecule has 0 bridgehead atoms. The summed E-state index contributed by atoms with van der Waals surface area (Å²) >= 11 is 0. The van der Waals surface area contributed by atoms with Crippen LogP contribution in [0.25, 0.3) is 0 Å². The molecule has 2 aromatic rings. The molecule has 1 N–H and O–H groups in total. The third-order valence-corrected chi connectivity index (χ3v) is 5.36. The Balaban J connectivity index is 2.11. The fourth-order valence-corrected chi connectivity index (χ4v) is 3.75. The van der Waals surface area contributed by atoms with Crippen molar-refractivity contribution >= 4 is 9.84 Å². The fourth-order valence-electron chi connectivity index (χ4n) is 2.75. The Morgan fingerprint density at radius 1 is 1.35 bits per heavy atom. The highest BCUT2D eigenvalue weighted by molar-refractivity contribution is 7.91. The van der Waals surface area contributed by atoms with E-state index in [0.29, 0.717) is 0 Å². The van der Waals surface area contributed by atoms with E-state index < -0.39 is 44.8 Å². The molecule has 26 heavy (non-hydrogen) atoms. The minimum Gasteiger partial charge on any atom is -0.455 e. The smallest absolute Gasteiger partial charge is 0.341 e. The molecule has 136 valence electrons. The van der Waals surface area contributed by atoms with E-state index in [9.17, 15) is 26.7 Å². The molecule has 10 heteroatoms. The summed E-state index contributed by atoms with van der Waals surface area (Å²) in [6, 6.07) is 5.16. The van der Waals surface area contributed by atoms with Crippen molar-refractivity contribution in [1.29, 1.82) is 5.26 Å². The lowest BCUT2D eigenvalue weighted by molar-refractivity contribution is 0.0906. The molecule has 0 aliphatic heterocycles. The summed E-state index contributed by atoms with van der Waals surface area (Å²) in [6.07, 6.45) is -1.55. The number of hydrogen-bond acceptors (Lipinski definition) is 6. The van der Waals surface area contributed by atoms with Crippen LogP contribution in [0.3, 0.4) is 0 Å². The average molecular weight is 384 g/mol. The highest BCUT2D eigenvalue weighted by Gasteiger charge is 2.41. The molecule has 1 aliphatic rings. The van der Waals surface area contributed by atoms with E-state index in [-0.39, 0.29) is 22.6 Å². The Bertz CT molecular complexity index is 1010. The van der Waals surface area contributed by atoms with Gasteiger partial charge in [0.05, 0.1) is 16.7 Å². The molecular formula is C16H11F3N2O4S. The second-order valence-corrected chi connectivity index (χ2v) is 7.43. The third kappa shape index (κ3) is 3.00. The first-order chi connectivity index (χ1) is 12.3. The molecule has 0 radical (unpaired) electrons. The number of halogens is 3. The van der Waals surface area contributed by atoms with Gasteiger partial charge in [-0.2, -0.15) is 14.0 Å². The highest BCUT2D eigenvalue weighted by Crippen LogP contribution is 2.44. The number of aliphatic hydroxyl groups excluding tert-OH is 1. The summed E-state index contributed by atoms with van der Waals surface area (Å²) in [6.45, 7) is 0. The van der Waals surface area contributed by atoms with Crippen molar-refractivity contribution < 1.29 is 31.4 Å². The van der Waals surface area contributed by atoms with E-state index in [1.54, 1.807) is 0 Å². The van der Waals surface area contributed by atoms with Gasteiger partial charge in [-0.1, -0.05) is 0 Å². The summed E-state index contributed by atoms with van der Waals surface area (Å²) in [7, 11) is -5.03. The van der Waals surface area contributed by atoms with Crippen LogP contribution < -0.4 is 4.74 Å². The predicted octanol–water partition coefficient (Wildman–Crippen LogP) is 2.67. The van der Waals surface area contributed by atoms with Crippen LogP contribution in [-0.4, -0.2) is 30.4 Å². The van der Waals surface area contributed by atoms with Gasteiger partial charge in [0.2, 0.25) is 9.84 Å². The summed E-state index contributed by atoms with van der Waals surface area (Å²) in [4.78, 5) is 2.96. The number of hydrogen-bond donors (Lipinski definition) is 1.